The van der Waals surface area contributed by atoms with Gasteiger partial charge in [-0.25, -0.2) is 9.97 Å². The second-order valence-corrected chi connectivity index (χ2v) is 12.6. The number of carboxylic acids is 1. The molecule has 1 atom stereocenters. The van der Waals surface area contributed by atoms with Crippen LogP contribution in [0.3, 0.4) is 0 Å². The van der Waals surface area contributed by atoms with Gasteiger partial charge in [0.2, 0.25) is 0 Å². The third kappa shape index (κ3) is 15.3. The van der Waals surface area contributed by atoms with Gasteiger partial charge in [0, 0.05) is 44.1 Å². The van der Waals surface area contributed by atoms with Crippen molar-refractivity contribution in [2.45, 2.75) is 70.9 Å². The highest BCUT2D eigenvalue weighted by atomic mass is 16.5. The number of anilines is 1. The Morgan fingerprint density at radius 3 is 2.23 bits per heavy atom. The van der Waals surface area contributed by atoms with E-state index in [1.807, 2.05) is 61.0 Å². The van der Waals surface area contributed by atoms with E-state index in [1.54, 1.807) is 18.3 Å². The first-order valence-corrected chi connectivity index (χ1v) is 18.4. The fraction of sp³-hybridized carbons (Fsp3) is 0.487. The third-order valence-corrected chi connectivity index (χ3v) is 8.43. The van der Waals surface area contributed by atoms with Crippen molar-refractivity contribution >= 4 is 17.6 Å². The Balaban J connectivity index is 1.04. The zero-order chi connectivity index (χ0) is 37.5. The second-order valence-electron chi connectivity index (χ2n) is 12.6. The molecule has 53 heavy (non-hydrogen) atoms. The lowest BCUT2D eigenvalue weighted by Crippen LogP contribution is -2.26. The van der Waals surface area contributed by atoms with Gasteiger partial charge in [-0.1, -0.05) is 31.0 Å². The standard InChI is InChI=1S/C39H53N7O7/c1-30(43-39(49)32-13-10-14-33(26-32)41-28-36-44-45-38(46(36)2)35-17-18-40-29-42-35)31-12-11-15-34(27-31)53-21-9-4-3-7-19-50-22-24-52-25-23-51-20-8-5-6-16-37(47)48/h10-15,17-18,26-27,29-30,41H,3-9,16,19-25,28H2,1-2H3,(H,43,49)(H,47,48)/t30-/m1/s1. The van der Waals surface area contributed by atoms with E-state index in [-0.39, 0.29) is 18.4 Å². The molecule has 2 aromatic heterocycles. The number of nitrogens with one attached hydrogen (secondary N) is 2. The van der Waals surface area contributed by atoms with Crippen LogP contribution in [0.1, 0.15) is 86.1 Å². The second kappa shape index (κ2) is 23.6. The average molecular weight is 732 g/mol. The van der Waals surface area contributed by atoms with Crippen molar-refractivity contribution in [3.8, 4) is 17.3 Å². The molecule has 2 aromatic carbocycles. The summed E-state index contributed by atoms with van der Waals surface area (Å²) in [5.41, 5.74) is 3.00. The van der Waals surface area contributed by atoms with Crippen LogP contribution in [-0.2, 0) is 32.6 Å². The van der Waals surface area contributed by atoms with Gasteiger partial charge in [0.25, 0.3) is 5.91 Å². The number of carboxylic acid groups (broad SMARTS) is 1. The van der Waals surface area contributed by atoms with E-state index in [1.165, 1.54) is 6.33 Å². The highest BCUT2D eigenvalue weighted by Gasteiger charge is 2.14. The number of amides is 1. The number of benzene rings is 2. The lowest BCUT2D eigenvalue weighted by Gasteiger charge is -2.16. The van der Waals surface area contributed by atoms with Crippen LogP contribution in [-0.4, -0.2) is 88.0 Å². The molecule has 0 fully saturated rings. The van der Waals surface area contributed by atoms with Gasteiger partial charge >= 0.3 is 5.97 Å². The summed E-state index contributed by atoms with van der Waals surface area (Å²) in [7, 11) is 1.89. The molecular formula is C39H53N7O7. The Hall–Kier alpha value is -4.92. The van der Waals surface area contributed by atoms with E-state index >= 15 is 0 Å². The zero-order valence-corrected chi connectivity index (χ0v) is 30.9. The summed E-state index contributed by atoms with van der Waals surface area (Å²) < 4.78 is 24.6. The van der Waals surface area contributed by atoms with E-state index in [9.17, 15) is 9.59 Å². The maximum absolute atomic E-state index is 13.2. The molecule has 14 heteroatoms. The minimum Gasteiger partial charge on any atom is -0.494 e. The molecule has 0 saturated carbocycles. The Morgan fingerprint density at radius 2 is 1.51 bits per heavy atom. The predicted octanol–water partition coefficient (Wildman–Crippen LogP) is 6.01. The lowest BCUT2D eigenvalue weighted by molar-refractivity contribution is -0.137. The topological polar surface area (TPSA) is 172 Å². The minimum absolute atomic E-state index is 0.169. The molecule has 0 aliphatic rings. The van der Waals surface area contributed by atoms with Gasteiger partial charge in [-0.2, -0.15) is 0 Å². The number of hydrogen-bond donors (Lipinski definition) is 3. The minimum atomic E-state index is -0.748. The molecule has 2 heterocycles. The van der Waals surface area contributed by atoms with Crippen LogP contribution in [0, 0.1) is 0 Å². The van der Waals surface area contributed by atoms with Gasteiger partial charge in [0.1, 0.15) is 17.8 Å². The molecule has 1 amide bonds. The number of ether oxygens (including phenoxy) is 4. The van der Waals surface area contributed by atoms with Gasteiger partial charge < -0.3 is 39.3 Å². The molecular weight excluding hydrogens is 678 g/mol. The normalized spacial score (nSPS) is 11.7. The maximum Gasteiger partial charge on any atom is 0.303 e. The molecule has 0 aliphatic heterocycles. The van der Waals surface area contributed by atoms with E-state index in [0.29, 0.717) is 76.3 Å². The fourth-order valence-electron chi connectivity index (χ4n) is 5.40. The Labute approximate surface area is 311 Å². The summed E-state index contributed by atoms with van der Waals surface area (Å²) in [6.07, 6.45) is 9.85. The van der Waals surface area contributed by atoms with Crippen molar-refractivity contribution in [3.05, 3.63) is 84.1 Å². The predicted molar refractivity (Wildman–Crippen MR) is 201 cm³/mol. The molecule has 0 bridgehead atoms. The molecule has 0 radical (unpaired) electrons. The van der Waals surface area contributed by atoms with Crippen LogP contribution < -0.4 is 15.4 Å². The molecule has 0 aliphatic carbocycles. The summed E-state index contributed by atoms with van der Waals surface area (Å²) in [5.74, 6) is 1.25. The molecule has 3 N–H and O–H groups in total. The summed E-state index contributed by atoms with van der Waals surface area (Å²) in [4.78, 5) is 31.9. The Bertz CT molecular complexity index is 1650. The first kappa shape index (κ1) is 40.8. The molecule has 4 aromatic rings. The smallest absolute Gasteiger partial charge is 0.303 e. The first-order valence-electron chi connectivity index (χ1n) is 18.4. The quantitative estimate of drug-likeness (QED) is 0.0611. The van der Waals surface area contributed by atoms with Crippen molar-refractivity contribution in [1.82, 2.24) is 30.0 Å². The largest absolute Gasteiger partial charge is 0.494 e. The molecule has 4 rings (SSSR count). The lowest BCUT2D eigenvalue weighted by atomic mass is 10.1. The van der Waals surface area contributed by atoms with Crippen molar-refractivity contribution in [2.75, 3.05) is 51.6 Å². The van der Waals surface area contributed by atoms with Gasteiger partial charge in [0.15, 0.2) is 11.6 Å². The molecule has 14 nitrogen and oxygen atoms in total. The molecule has 0 saturated heterocycles. The van der Waals surface area contributed by atoms with E-state index < -0.39 is 5.97 Å². The zero-order valence-electron chi connectivity index (χ0n) is 30.9. The first-order chi connectivity index (χ1) is 25.9. The highest BCUT2D eigenvalue weighted by Crippen LogP contribution is 2.21. The SMILES string of the molecule is C[C@@H](NC(=O)c1cccc(NCc2nnc(-c3ccncn3)n2C)c1)c1cccc(OCCCCCCOCCOCCOCCCCCC(=O)O)c1. The van der Waals surface area contributed by atoms with E-state index in [0.717, 1.165) is 61.3 Å². The van der Waals surface area contributed by atoms with Gasteiger partial charge in [-0.05, 0) is 81.0 Å². The fourth-order valence-corrected chi connectivity index (χ4v) is 5.40. The van der Waals surface area contributed by atoms with Crippen LogP contribution in [0.5, 0.6) is 5.75 Å². The van der Waals surface area contributed by atoms with Gasteiger partial charge in [0.05, 0.1) is 45.6 Å². The number of aliphatic carboxylic acids is 1. The average Bonchev–Trinajstić information content (AvgIpc) is 3.54. The summed E-state index contributed by atoms with van der Waals surface area (Å²) in [6, 6.07) is 16.8. The molecule has 0 spiro atoms. The number of carbonyl (C=O) groups excluding carboxylic acids is 1. The van der Waals surface area contributed by atoms with Crippen molar-refractivity contribution in [1.29, 1.82) is 0 Å². The van der Waals surface area contributed by atoms with Crippen LogP contribution in [0.25, 0.3) is 11.5 Å². The third-order valence-electron chi connectivity index (χ3n) is 8.43. The number of carbonyl (C=O) groups is 2. The van der Waals surface area contributed by atoms with Crippen molar-refractivity contribution < 1.29 is 33.6 Å². The van der Waals surface area contributed by atoms with Crippen molar-refractivity contribution in [2.24, 2.45) is 7.05 Å². The van der Waals surface area contributed by atoms with Crippen LogP contribution in [0.15, 0.2) is 67.1 Å². The summed E-state index contributed by atoms with van der Waals surface area (Å²) >= 11 is 0. The Kier molecular flexibility index (Phi) is 18.2. The van der Waals surface area contributed by atoms with E-state index in [4.69, 9.17) is 24.1 Å². The van der Waals surface area contributed by atoms with Crippen molar-refractivity contribution in [3.63, 3.8) is 0 Å². The molecule has 286 valence electrons. The number of hydrogen-bond acceptors (Lipinski definition) is 11. The highest BCUT2D eigenvalue weighted by molar-refractivity contribution is 5.95. The van der Waals surface area contributed by atoms with Gasteiger partial charge in [-0.15, -0.1) is 10.2 Å². The monoisotopic (exact) mass is 731 g/mol. The Morgan fingerprint density at radius 1 is 0.811 bits per heavy atom. The van der Waals surface area contributed by atoms with Crippen LogP contribution in [0.2, 0.25) is 0 Å². The summed E-state index contributed by atoms with van der Waals surface area (Å²) in [5, 5.41) is 23.6. The maximum atomic E-state index is 13.2. The van der Waals surface area contributed by atoms with E-state index in [2.05, 4.69) is 30.8 Å². The van der Waals surface area contributed by atoms with Gasteiger partial charge in [-0.3, -0.25) is 9.59 Å². The van der Waals surface area contributed by atoms with Crippen LogP contribution >= 0.6 is 0 Å². The number of unbranched alkanes of at least 4 members (excludes halogenated alkanes) is 5. The summed E-state index contributed by atoms with van der Waals surface area (Å²) in [6.45, 7) is 6.53. The number of rotatable bonds is 27. The van der Waals surface area contributed by atoms with Crippen LogP contribution in [0.4, 0.5) is 5.69 Å². The molecule has 0 unspecified atom stereocenters. The number of aromatic nitrogens is 5. The number of nitrogens with zero attached hydrogens (tertiary/aromatic N) is 5.